The van der Waals surface area contributed by atoms with Crippen molar-refractivity contribution >= 4 is 30.0 Å². The number of rotatable bonds is 12. The van der Waals surface area contributed by atoms with Gasteiger partial charge < -0.3 is 14.9 Å². The highest BCUT2D eigenvalue weighted by atomic mass is 35.5. The number of carboxylic acids is 1. The highest BCUT2D eigenvalue weighted by Gasteiger charge is 2.37. The van der Waals surface area contributed by atoms with Gasteiger partial charge in [-0.25, -0.2) is 0 Å². The van der Waals surface area contributed by atoms with Crippen molar-refractivity contribution in [1.82, 2.24) is 20.2 Å². The van der Waals surface area contributed by atoms with Crippen LogP contribution in [0.3, 0.4) is 0 Å². The Morgan fingerprint density at radius 1 is 0.837 bits per heavy atom. The molecule has 4 rings (SSSR count). The first-order chi connectivity index (χ1) is 22.3. The standard InChI is InChI=1S/C31H35F9N6O2.ClH/c1-3-10-45(16-20-6-4-19(5-7-20)13-27(47)48)26-9-8-23(29(32,33)34)14-22(26)18-46(28-41-43-44(2)42-28)17-21-11-24(30(35,36)37)15-25(12-21)31(38,39)40;/h8-9,11-12,14-15,19-20H,3-7,10,13,16-18H2,1-2H3,(H,47,48);1H/t19-,20-;. The van der Waals surface area contributed by atoms with Gasteiger partial charge in [-0.05, 0) is 96.7 Å². The minimum absolute atomic E-state index is 0. The lowest BCUT2D eigenvalue weighted by molar-refractivity contribution is -0.143. The minimum atomic E-state index is -5.10. The molecular weight excluding hydrogens is 695 g/mol. The number of nitrogens with zero attached hydrogens (tertiary/aromatic N) is 6. The van der Waals surface area contributed by atoms with Gasteiger partial charge in [-0.2, -0.15) is 44.3 Å². The zero-order valence-electron chi connectivity index (χ0n) is 26.5. The molecule has 8 nitrogen and oxygen atoms in total. The van der Waals surface area contributed by atoms with E-state index in [1.54, 1.807) is 0 Å². The summed E-state index contributed by atoms with van der Waals surface area (Å²) in [5.74, 6) is -0.921. The molecule has 49 heavy (non-hydrogen) atoms. The Morgan fingerprint density at radius 3 is 1.90 bits per heavy atom. The first-order valence-corrected chi connectivity index (χ1v) is 15.3. The molecule has 0 aliphatic heterocycles. The zero-order valence-corrected chi connectivity index (χ0v) is 27.4. The summed E-state index contributed by atoms with van der Waals surface area (Å²) in [6, 6.07) is 4.26. The number of tetrazole rings is 1. The Kier molecular flexibility index (Phi) is 12.8. The van der Waals surface area contributed by atoms with Gasteiger partial charge in [-0.15, -0.1) is 17.5 Å². The molecule has 0 unspecified atom stereocenters. The van der Waals surface area contributed by atoms with Gasteiger partial charge in [0.25, 0.3) is 5.95 Å². The van der Waals surface area contributed by atoms with Gasteiger partial charge in [0.15, 0.2) is 0 Å². The number of hydrogen-bond acceptors (Lipinski definition) is 6. The van der Waals surface area contributed by atoms with Crippen molar-refractivity contribution in [1.29, 1.82) is 0 Å². The Hall–Kier alpha value is -3.76. The maximum Gasteiger partial charge on any atom is 0.416 e. The maximum absolute atomic E-state index is 14.0. The lowest BCUT2D eigenvalue weighted by atomic mass is 9.80. The number of benzene rings is 2. The third kappa shape index (κ3) is 10.9. The molecule has 0 radical (unpaired) electrons. The van der Waals surface area contributed by atoms with Gasteiger partial charge in [-0.1, -0.05) is 12.0 Å². The van der Waals surface area contributed by atoms with Crippen LogP contribution in [0, 0.1) is 11.8 Å². The van der Waals surface area contributed by atoms with Gasteiger partial charge in [0, 0.05) is 38.3 Å². The van der Waals surface area contributed by atoms with Crippen molar-refractivity contribution in [2.45, 2.75) is 77.1 Å². The monoisotopic (exact) mass is 730 g/mol. The zero-order chi connectivity index (χ0) is 35.4. The van der Waals surface area contributed by atoms with E-state index in [0.29, 0.717) is 50.2 Å². The molecule has 18 heteroatoms. The Morgan fingerprint density at radius 2 is 1.41 bits per heavy atom. The molecule has 0 amide bonds. The summed E-state index contributed by atoms with van der Waals surface area (Å²) in [4.78, 5) is 15.3. The Balaban J connectivity index is 0.00000650. The molecule has 1 fully saturated rings. The summed E-state index contributed by atoms with van der Waals surface area (Å²) >= 11 is 0. The van der Waals surface area contributed by atoms with Crippen LogP contribution in [0.2, 0.25) is 0 Å². The molecule has 1 aliphatic rings. The fourth-order valence-electron chi connectivity index (χ4n) is 6.09. The van der Waals surface area contributed by atoms with Gasteiger partial charge in [0.1, 0.15) is 0 Å². The second-order valence-corrected chi connectivity index (χ2v) is 12.1. The number of aliphatic carboxylic acids is 1. The van der Waals surface area contributed by atoms with Gasteiger partial charge in [0.05, 0.1) is 23.7 Å². The van der Waals surface area contributed by atoms with Crippen LogP contribution >= 0.6 is 12.4 Å². The highest BCUT2D eigenvalue weighted by Crippen LogP contribution is 2.39. The van der Waals surface area contributed by atoms with E-state index < -0.39 is 59.8 Å². The summed E-state index contributed by atoms with van der Waals surface area (Å²) in [5.41, 5.74) is -3.96. The van der Waals surface area contributed by atoms with Crippen molar-refractivity contribution in [2.24, 2.45) is 18.9 Å². The number of anilines is 2. The molecular formula is C31H36ClF9N6O2. The van der Waals surface area contributed by atoms with Crippen LogP contribution in [0.15, 0.2) is 36.4 Å². The number of carboxylic acid groups (broad SMARTS) is 1. The number of halogens is 10. The normalized spacial score (nSPS) is 17.0. The smallest absolute Gasteiger partial charge is 0.416 e. The first kappa shape index (κ1) is 39.7. The van der Waals surface area contributed by atoms with Crippen LogP contribution in [0.5, 0.6) is 0 Å². The van der Waals surface area contributed by atoms with Crippen molar-refractivity contribution in [3.8, 4) is 0 Å². The second kappa shape index (κ2) is 15.9. The number of aromatic nitrogens is 4. The quantitative estimate of drug-likeness (QED) is 0.187. The summed E-state index contributed by atoms with van der Waals surface area (Å²) < 4.78 is 124. The molecule has 0 atom stereocenters. The van der Waals surface area contributed by atoms with Gasteiger partial charge in [-0.3, -0.25) is 4.79 Å². The molecule has 2 aromatic carbocycles. The van der Waals surface area contributed by atoms with E-state index in [-0.39, 0.29) is 48.2 Å². The number of carbonyl (C=O) groups is 1. The van der Waals surface area contributed by atoms with Crippen molar-refractivity contribution in [3.05, 3.63) is 64.2 Å². The van der Waals surface area contributed by atoms with Gasteiger partial charge >= 0.3 is 24.5 Å². The average molecular weight is 731 g/mol. The third-order valence-corrected chi connectivity index (χ3v) is 8.31. The van der Waals surface area contributed by atoms with E-state index >= 15 is 0 Å². The largest absolute Gasteiger partial charge is 0.481 e. The topological polar surface area (TPSA) is 87.4 Å². The minimum Gasteiger partial charge on any atom is -0.481 e. The first-order valence-electron chi connectivity index (χ1n) is 15.3. The molecule has 0 saturated heterocycles. The van der Waals surface area contributed by atoms with E-state index in [1.165, 1.54) is 18.0 Å². The highest BCUT2D eigenvalue weighted by molar-refractivity contribution is 5.85. The van der Waals surface area contributed by atoms with Crippen LogP contribution in [-0.4, -0.2) is 44.4 Å². The third-order valence-electron chi connectivity index (χ3n) is 8.31. The number of hydrogen-bond donors (Lipinski definition) is 1. The molecule has 1 heterocycles. The summed E-state index contributed by atoms with van der Waals surface area (Å²) in [7, 11) is 1.38. The van der Waals surface area contributed by atoms with Crippen molar-refractivity contribution < 1.29 is 49.4 Å². The molecule has 0 spiro atoms. The predicted octanol–water partition coefficient (Wildman–Crippen LogP) is 8.39. The van der Waals surface area contributed by atoms with E-state index in [2.05, 4.69) is 15.4 Å². The van der Waals surface area contributed by atoms with E-state index in [4.69, 9.17) is 5.11 Å². The Bertz CT molecular complexity index is 1520. The van der Waals surface area contributed by atoms with Gasteiger partial charge in [0.2, 0.25) is 0 Å². The van der Waals surface area contributed by atoms with E-state index in [9.17, 15) is 44.3 Å². The fourth-order valence-corrected chi connectivity index (χ4v) is 6.09. The summed E-state index contributed by atoms with van der Waals surface area (Å²) in [6.07, 6.45) is -11.4. The molecule has 1 saturated carbocycles. The number of aryl methyl sites for hydroxylation is 1. The number of alkyl halides is 9. The molecule has 3 aromatic rings. The molecule has 0 bridgehead atoms. The average Bonchev–Trinajstić information content (AvgIpc) is 3.42. The molecule has 1 aromatic heterocycles. The van der Waals surface area contributed by atoms with Crippen LogP contribution in [0.1, 0.15) is 73.3 Å². The summed E-state index contributed by atoms with van der Waals surface area (Å²) in [5, 5.41) is 20.8. The fraction of sp³-hybridized carbons (Fsp3) is 0.548. The SMILES string of the molecule is CCCN(C[C@H]1CC[C@H](CC(=O)O)CC1)c1ccc(C(F)(F)F)cc1CN(Cc1cc(C(F)(F)F)cc(C(F)(F)F)c1)c1nnn(C)n1.Cl. The van der Waals surface area contributed by atoms with Crippen LogP contribution in [0.4, 0.5) is 51.1 Å². The second-order valence-electron chi connectivity index (χ2n) is 12.1. The van der Waals surface area contributed by atoms with Crippen molar-refractivity contribution in [3.63, 3.8) is 0 Å². The maximum atomic E-state index is 14.0. The lowest BCUT2D eigenvalue weighted by Crippen LogP contribution is -2.34. The summed E-state index contributed by atoms with van der Waals surface area (Å²) in [6.45, 7) is 1.77. The van der Waals surface area contributed by atoms with Crippen LogP contribution in [-0.2, 0) is 43.5 Å². The Labute approximate surface area is 282 Å². The van der Waals surface area contributed by atoms with E-state index in [1.807, 2.05) is 11.8 Å². The predicted molar refractivity (Wildman–Crippen MR) is 164 cm³/mol. The molecule has 1 aliphatic carbocycles. The molecule has 1 N–H and O–H groups in total. The molecule has 272 valence electrons. The van der Waals surface area contributed by atoms with E-state index in [0.717, 1.165) is 29.8 Å². The van der Waals surface area contributed by atoms with Crippen LogP contribution < -0.4 is 9.80 Å². The lowest BCUT2D eigenvalue weighted by Gasteiger charge is -2.35. The van der Waals surface area contributed by atoms with Crippen molar-refractivity contribution in [2.75, 3.05) is 22.9 Å². The van der Waals surface area contributed by atoms with Crippen LogP contribution in [0.25, 0.3) is 0 Å².